The molecule has 0 aromatic carbocycles. The summed E-state index contributed by atoms with van der Waals surface area (Å²) >= 11 is 0. The third-order valence-corrected chi connectivity index (χ3v) is 4.61. The lowest BCUT2D eigenvalue weighted by Gasteiger charge is -2.31. The van der Waals surface area contributed by atoms with E-state index in [0.29, 0.717) is 13.1 Å². The Bertz CT molecular complexity index is 353. The van der Waals surface area contributed by atoms with Crippen molar-refractivity contribution >= 4 is 24.2 Å². The van der Waals surface area contributed by atoms with E-state index in [4.69, 9.17) is 5.73 Å². The zero-order chi connectivity index (χ0) is 14.4. The van der Waals surface area contributed by atoms with Crippen molar-refractivity contribution in [1.82, 2.24) is 10.6 Å². The third-order valence-electron chi connectivity index (χ3n) is 4.61. The van der Waals surface area contributed by atoms with Crippen molar-refractivity contribution in [3.8, 4) is 0 Å². The zero-order valence-corrected chi connectivity index (χ0v) is 13.5. The maximum absolute atomic E-state index is 12.1. The molecule has 6 heteroatoms. The minimum absolute atomic E-state index is 0. The number of rotatable bonds is 6. The molecule has 0 aromatic heterocycles. The van der Waals surface area contributed by atoms with Gasteiger partial charge in [0.15, 0.2) is 0 Å². The molecule has 0 unspecified atom stereocenters. The fourth-order valence-corrected chi connectivity index (χ4v) is 2.90. The van der Waals surface area contributed by atoms with Crippen LogP contribution in [0, 0.1) is 5.92 Å². The van der Waals surface area contributed by atoms with Gasteiger partial charge in [0.05, 0.1) is 5.54 Å². The van der Waals surface area contributed by atoms with Crippen LogP contribution in [0.5, 0.6) is 0 Å². The first kappa shape index (κ1) is 18.2. The molecule has 2 amide bonds. The zero-order valence-electron chi connectivity index (χ0n) is 12.7. The predicted molar refractivity (Wildman–Crippen MR) is 85.2 cm³/mol. The van der Waals surface area contributed by atoms with Gasteiger partial charge in [-0.1, -0.05) is 25.7 Å². The number of nitrogens with two attached hydrogens (primary N) is 1. The van der Waals surface area contributed by atoms with Crippen molar-refractivity contribution < 1.29 is 9.59 Å². The van der Waals surface area contributed by atoms with Crippen LogP contribution in [0.2, 0.25) is 0 Å². The molecule has 2 aliphatic rings. The number of amides is 2. The lowest BCUT2D eigenvalue weighted by molar-refractivity contribution is -0.127. The summed E-state index contributed by atoms with van der Waals surface area (Å²) in [6.07, 6.45) is 8.83. The van der Waals surface area contributed by atoms with E-state index >= 15 is 0 Å². The Morgan fingerprint density at radius 2 is 1.62 bits per heavy atom. The van der Waals surface area contributed by atoms with Gasteiger partial charge < -0.3 is 16.4 Å². The second kappa shape index (κ2) is 8.59. The summed E-state index contributed by atoms with van der Waals surface area (Å²) < 4.78 is 0. The largest absolute Gasteiger partial charge is 0.356 e. The molecule has 2 fully saturated rings. The number of hydrogen-bond donors (Lipinski definition) is 3. The molecule has 0 bridgehead atoms. The maximum atomic E-state index is 12.1. The third kappa shape index (κ3) is 5.15. The Morgan fingerprint density at radius 1 is 1.00 bits per heavy atom. The van der Waals surface area contributed by atoms with E-state index < -0.39 is 5.54 Å². The molecule has 0 heterocycles. The van der Waals surface area contributed by atoms with Gasteiger partial charge in [0, 0.05) is 19.0 Å². The summed E-state index contributed by atoms with van der Waals surface area (Å²) in [4.78, 5) is 23.7. The maximum Gasteiger partial charge on any atom is 0.240 e. The molecule has 0 radical (unpaired) electrons. The van der Waals surface area contributed by atoms with Crippen molar-refractivity contribution in [3.05, 3.63) is 0 Å². The van der Waals surface area contributed by atoms with Gasteiger partial charge in [-0.25, -0.2) is 0 Å². The van der Waals surface area contributed by atoms with Gasteiger partial charge in [0.1, 0.15) is 0 Å². The molecule has 4 N–H and O–H groups in total. The Morgan fingerprint density at radius 3 is 2.19 bits per heavy atom. The number of carbonyl (C=O) groups is 2. The monoisotopic (exact) mass is 317 g/mol. The quantitative estimate of drug-likeness (QED) is 0.649. The molecule has 2 saturated carbocycles. The highest BCUT2D eigenvalue weighted by atomic mass is 35.5. The molecular formula is C15H28ClN3O2. The Hall–Kier alpha value is -0.810. The van der Waals surface area contributed by atoms with Crippen LogP contribution in [-0.4, -0.2) is 30.4 Å². The van der Waals surface area contributed by atoms with Crippen molar-refractivity contribution in [3.63, 3.8) is 0 Å². The summed E-state index contributed by atoms with van der Waals surface area (Å²) in [7, 11) is 0. The Balaban J connectivity index is 0.00000220. The normalized spacial score (nSPS) is 20.8. The molecule has 0 saturated heterocycles. The smallest absolute Gasteiger partial charge is 0.240 e. The molecular weight excluding hydrogens is 290 g/mol. The van der Waals surface area contributed by atoms with Crippen LogP contribution in [0.3, 0.4) is 0 Å². The number of hydrogen-bond acceptors (Lipinski definition) is 3. The molecule has 0 aliphatic heterocycles. The lowest BCUT2D eigenvalue weighted by Crippen LogP contribution is -2.55. The second-order valence-corrected chi connectivity index (χ2v) is 6.25. The Kier molecular flexibility index (Phi) is 7.46. The van der Waals surface area contributed by atoms with Crippen LogP contribution < -0.4 is 16.4 Å². The summed E-state index contributed by atoms with van der Waals surface area (Å²) in [6.45, 7) is 1.22. The van der Waals surface area contributed by atoms with Gasteiger partial charge in [0.2, 0.25) is 11.8 Å². The van der Waals surface area contributed by atoms with Crippen LogP contribution in [0.25, 0.3) is 0 Å². The van der Waals surface area contributed by atoms with Crippen LogP contribution in [0.1, 0.15) is 57.8 Å². The molecule has 122 valence electrons. The second-order valence-electron chi connectivity index (χ2n) is 6.25. The first-order chi connectivity index (χ1) is 9.62. The standard InChI is InChI=1S/C15H27N3O2.ClH/c16-15(8-2-1-3-9-15)14(20)18-11-5-10-17-13(19)12-6-4-7-12;/h12H,1-11,16H2,(H,17,19)(H,18,20);1H. The average molecular weight is 318 g/mol. The minimum atomic E-state index is -0.659. The molecule has 0 spiro atoms. The summed E-state index contributed by atoms with van der Waals surface area (Å²) in [5.41, 5.74) is 5.49. The van der Waals surface area contributed by atoms with Crippen LogP contribution >= 0.6 is 12.4 Å². The van der Waals surface area contributed by atoms with E-state index in [2.05, 4.69) is 10.6 Å². The molecule has 0 aromatic rings. The van der Waals surface area contributed by atoms with Gasteiger partial charge in [-0.2, -0.15) is 0 Å². The van der Waals surface area contributed by atoms with Crippen LogP contribution in [-0.2, 0) is 9.59 Å². The van der Waals surface area contributed by atoms with E-state index in [1.807, 2.05) is 0 Å². The highest BCUT2D eigenvalue weighted by Gasteiger charge is 2.34. The average Bonchev–Trinajstić information content (AvgIpc) is 2.37. The molecule has 0 atom stereocenters. The van der Waals surface area contributed by atoms with Gasteiger partial charge in [-0.3, -0.25) is 9.59 Å². The van der Waals surface area contributed by atoms with E-state index in [-0.39, 0.29) is 30.1 Å². The highest BCUT2D eigenvalue weighted by molar-refractivity contribution is 5.86. The first-order valence-electron chi connectivity index (χ1n) is 7.97. The van der Waals surface area contributed by atoms with Gasteiger partial charge in [-0.05, 0) is 32.1 Å². The van der Waals surface area contributed by atoms with E-state index in [1.54, 1.807) is 0 Å². The van der Waals surface area contributed by atoms with Crippen molar-refractivity contribution in [1.29, 1.82) is 0 Å². The van der Waals surface area contributed by atoms with E-state index in [1.165, 1.54) is 12.8 Å². The number of halogens is 1. The predicted octanol–water partition coefficient (Wildman–Crippen LogP) is 1.49. The molecule has 2 aliphatic carbocycles. The fourth-order valence-electron chi connectivity index (χ4n) is 2.90. The van der Waals surface area contributed by atoms with Crippen molar-refractivity contribution in [2.45, 2.75) is 63.3 Å². The highest BCUT2D eigenvalue weighted by Crippen LogP contribution is 2.26. The summed E-state index contributed by atoms with van der Waals surface area (Å²) in [5, 5.41) is 5.83. The first-order valence-corrected chi connectivity index (χ1v) is 7.97. The minimum Gasteiger partial charge on any atom is -0.356 e. The number of carbonyl (C=O) groups excluding carboxylic acids is 2. The Labute approximate surface area is 133 Å². The van der Waals surface area contributed by atoms with Gasteiger partial charge in [-0.15, -0.1) is 12.4 Å². The van der Waals surface area contributed by atoms with Crippen LogP contribution in [0.4, 0.5) is 0 Å². The molecule has 5 nitrogen and oxygen atoms in total. The topological polar surface area (TPSA) is 84.2 Å². The van der Waals surface area contributed by atoms with E-state index in [0.717, 1.165) is 44.9 Å². The molecule has 21 heavy (non-hydrogen) atoms. The number of nitrogens with one attached hydrogen (secondary N) is 2. The van der Waals surface area contributed by atoms with Crippen LogP contribution in [0.15, 0.2) is 0 Å². The van der Waals surface area contributed by atoms with Gasteiger partial charge in [0.25, 0.3) is 0 Å². The molecule has 2 rings (SSSR count). The van der Waals surface area contributed by atoms with Gasteiger partial charge >= 0.3 is 0 Å². The summed E-state index contributed by atoms with van der Waals surface area (Å²) in [5.74, 6) is 0.381. The van der Waals surface area contributed by atoms with E-state index in [9.17, 15) is 9.59 Å². The lowest BCUT2D eigenvalue weighted by atomic mass is 9.82. The van der Waals surface area contributed by atoms with Crippen molar-refractivity contribution in [2.24, 2.45) is 11.7 Å². The fraction of sp³-hybridized carbons (Fsp3) is 0.867. The van der Waals surface area contributed by atoms with Crippen molar-refractivity contribution in [2.75, 3.05) is 13.1 Å². The summed E-state index contributed by atoms with van der Waals surface area (Å²) in [6, 6.07) is 0. The SMILES string of the molecule is Cl.NC1(C(=O)NCCCNC(=O)C2CCC2)CCCCC1.